The molecule has 1 rings (SSSR count). The van der Waals surface area contributed by atoms with Gasteiger partial charge in [-0.3, -0.25) is 0 Å². The molecule has 0 aliphatic rings. The van der Waals surface area contributed by atoms with E-state index in [1.807, 2.05) is 0 Å². The summed E-state index contributed by atoms with van der Waals surface area (Å²) in [6.45, 7) is 10.9. The summed E-state index contributed by atoms with van der Waals surface area (Å²) in [6, 6.07) is 7.24. The third-order valence-corrected chi connectivity index (χ3v) is 2.99. The Labute approximate surface area is 106 Å². The second-order valence-corrected chi connectivity index (χ2v) is 5.17. The largest absolute Gasteiger partial charge is 0.374 e. The van der Waals surface area contributed by atoms with Crippen LogP contribution >= 0.6 is 0 Å². The van der Waals surface area contributed by atoms with E-state index in [2.05, 4.69) is 63.2 Å². The van der Waals surface area contributed by atoms with Crippen LogP contribution in [-0.2, 0) is 0 Å². The van der Waals surface area contributed by atoms with Crippen LogP contribution in [0.5, 0.6) is 0 Å². The van der Waals surface area contributed by atoms with Crippen molar-refractivity contribution in [3.8, 4) is 0 Å². The number of hydrogen-bond acceptors (Lipinski definition) is 2. The number of anilines is 1. The molecule has 1 aromatic rings. The highest BCUT2D eigenvalue weighted by Crippen LogP contribution is 2.19. The van der Waals surface area contributed by atoms with E-state index in [0.29, 0.717) is 6.04 Å². The van der Waals surface area contributed by atoms with E-state index < -0.39 is 0 Å². The van der Waals surface area contributed by atoms with Crippen LogP contribution in [0.4, 0.5) is 5.69 Å². The molecule has 1 N–H and O–H groups in total. The number of benzene rings is 1. The van der Waals surface area contributed by atoms with Gasteiger partial charge in [-0.1, -0.05) is 31.5 Å². The predicted molar refractivity (Wildman–Crippen MR) is 76.9 cm³/mol. The highest BCUT2D eigenvalue weighted by molar-refractivity contribution is 5.53. The van der Waals surface area contributed by atoms with Gasteiger partial charge in [-0.2, -0.15) is 0 Å². The SMILES string of the molecule is Cc1ccc(N(C)CCCNC(C)C)c(C)c1. The highest BCUT2D eigenvalue weighted by atomic mass is 15.1. The molecule has 0 spiro atoms. The zero-order chi connectivity index (χ0) is 12.8. The number of aryl methyl sites for hydroxylation is 2. The fraction of sp³-hybridized carbons (Fsp3) is 0.600. The van der Waals surface area contributed by atoms with Crippen LogP contribution in [0.3, 0.4) is 0 Å². The van der Waals surface area contributed by atoms with Crippen LogP contribution in [0, 0.1) is 13.8 Å². The molecule has 0 unspecified atom stereocenters. The Kier molecular flexibility index (Phi) is 5.49. The minimum atomic E-state index is 0.585. The lowest BCUT2D eigenvalue weighted by Crippen LogP contribution is -2.28. The summed E-state index contributed by atoms with van der Waals surface area (Å²) in [5.41, 5.74) is 4.05. The molecule has 0 aliphatic heterocycles. The van der Waals surface area contributed by atoms with Gasteiger partial charge in [0.2, 0.25) is 0 Å². The molecule has 0 heterocycles. The maximum Gasteiger partial charge on any atom is 0.0393 e. The van der Waals surface area contributed by atoms with Gasteiger partial charge in [0.25, 0.3) is 0 Å². The Bertz CT molecular complexity index is 345. The van der Waals surface area contributed by atoms with Crippen molar-refractivity contribution in [2.45, 2.75) is 40.2 Å². The lowest BCUT2D eigenvalue weighted by atomic mass is 10.1. The van der Waals surface area contributed by atoms with E-state index in [1.54, 1.807) is 0 Å². The molecule has 0 saturated heterocycles. The Balaban J connectivity index is 2.44. The van der Waals surface area contributed by atoms with Gasteiger partial charge in [0.05, 0.1) is 0 Å². The third kappa shape index (κ3) is 4.78. The Morgan fingerprint density at radius 3 is 2.53 bits per heavy atom. The second kappa shape index (κ2) is 6.65. The molecule has 0 aromatic heterocycles. The fourth-order valence-electron chi connectivity index (χ4n) is 2.06. The van der Waals surface area contributed by atoms with Gasteiger partial charge < -0.3 is 10.2 Å². The van der Waals surface area contributed by atoms with Crippen LogP contribution in [-0.4, -0.2) is 26.2 Å². The van der Waals surface area contributed by atoms with Crippen molar-refractivity contribution in [3.05, 3.63) is 29.3 Å². The summed E-state index contributed by atoms with van der Waals surface area (Å²) in [5.74, 6) is 0. The monoisotopic (exact) mass is 234 g/mol. The van der Waals surface area contributed by atoms with Crippen molar-refractivity contribution in [2.75, 3.05) is 25.0 Å². The highest BCUT2D eigenvalue weighted by Gasteiger charge is 2.04. The molecule has 17 heavy (non-hydrogen) atoms. The van der Waals surface area contributed by atoms with Crippen LogP contribution in [0.15, 0.2) is 18.2 Å². The molecule has 2 nitrogen and oxygen atoms in total. The van der Waals surface area contributed by atoms with Gasteiger partial charge in [0.15, 0.2) is 0 Å². The molecule has 0 atom stereocenters. The summed E-state index contributed by atoms with van der Waals surface area (Å²) in [7, 11) is 2.17. The van der Waals surface area contributed by atoms with Gasteiger partial charge in [-0.15, -0.1) is 0 Å². The Morgan fingerprint density at radius 1 is 1.24 bits per heavy atom. The Hall–Kier alpha value is -1.02. The quantitative estimate of drug-likeness (QED) is 0.761. The van der Waals surface area contributed by atoms with E-state index in [1.165, 1.54) is 23.2 Å². The lowest BCUT2D eigenvalue weighted by Gasteiger charge is -2.22. The van der Waals surface area contributed by atoms with Gasteiger partial charge in [-0.05, 0) is 38.4 Å². The second-order valence-electron chi connectivity index (χ2n) is 5.17. The van der Waals surface area contributed by atoms with E-state index in [0.717, 1.165) is 13.1 Å². The number of nitrogens with one attached hydrogen (secondary N) is 1. The molecule has 0 aliphatic carbocycles. The van der Waals surface area contributed by atoms with Crippen LogP contribution in [0.1, 0.15) is 31.4 Å². The summed E-state index contributed by atoms with van der Waals surface area (Å²) >= 11 is 0. The zero-order valence-corrected chi connectivity index (χ0v) is 11.9. The smallest absolute Gasteiger partial charge is 0.0393 e. The van der Waals surface area contributed by atoms with E-state index >= 15 is 0 Å². The van der Waals surface area contributed by atoms with Crippen molar-refractivity contribution < 1.29 is 0 Å². The molecule has 1 aromatic carbocycles. The molecular formula is C15H26N2. The number of hydrogen-bond donors (Lipinski definition) is 1. The lowest BCUT2D eigenvalue weighted by molar-refractivity contribution is 0.570. The molecule has 2 heteroatoms. The van der Waals surface area contributed by atoms with Crippen LogP contribution in [0.2, 0.25) is 0 Å². The van der Waals surface area contributed by atoms with Gasteiger partial charge in [-0.25, -0.2) is 0 Å². The molecule has 0 amide bonds. The fourth-order valence-corrected chi connectivity index (χ4v) is 2.06. The molecule has 0 fully saturated rings. The predicted octanol–water partition coefficient (Wildman–Crippen LogP) is 3.13. The van der Waals surface area contributed by atoms with Crippen molar-refractivity contribution in [1.29, 1.82) is 0 Å². The van der Waals surface area contributed by atoms with Crippen molar-refractivity contribution in [3.63, 3.8) is 0 Å². The third-order valence-electron chi connectivity index (χ3n) is 2.99. The summed E-state index contributed by atoms with van der Waals surface area (Å²) in [5, 5.41) is 3.45. The summed E-state index contributed by atoms with van der Waals surface area (Å²) in [4.78, 5) is 2.34. The molecular weight excluding hydrogens is 208 g/mol. The minimum Gasteiger partial charge on any atom is -0.374 e. The molecule has 96 valence electrons. The molecule has 0 bridgehead atoms. The van der Waals surface area contributed by atoms with Crippen molar-refractivity contribution in [2.24, 2.45) is 0 Å². The van der Waals surface area contributed by atoms with E-state index in [4.69, 9.17) is 0 Å². The van der Waals surface area contributed by atoms with Crippen molar-refractivity contribution in [1.82, 2.24) is 5.32 Å². The topological polar surface area (TPSA) is 15.3 Å². The van der Waals surface area contributed by atoms with Gasteiger partial charge in [0, 0.05) is 25.3 Å². The first-order chi connectivity index (χ1) is 8.00. The van der Waals surface area contributed by atoms with Gasteiger partial charge >= 0.3 is 0 Å². The average molecular weight is 234 g/mol. The molecule has 0 radical (unpaired) electrons. The first-order valence-electron chi connectivity index (χ1n) is 6.52. The maximum absolute atomic E-state index is 3.45. The Morgan fingerprint density at radius 2 is 1.94 bits per heavy atom. The van der Waals surface area contributed by atoms with Gasteiger partial charge in [0.1, 0.15) is 0 Å². The van der Waals surface area contributed by atoms with E-state index in [-0.39, 0.29) is 0 Å². The molecule has 0 saturated carbocycles. The van der Waals surface area contributed by atoms with Crippen LogP contribution < -0.4 is 10.2 Å². The minimum absolute atomic E-state index is 0.585. The van der Waals surface area contributed by atoms with Crippen molar-refractivity contribution >= 4 is 5.69 Å². The standard InChI is InChI=1S/C15H26N2/c1-12(2)16-9-6-10-17(5)15-8-7-13(3)11-14(15)4/h7-8,11-12,16H,6,9-10H2,1-5H3. The normalized spacial score (nSPS) is 10.9. The first kappa shape index (κ1) is 14.0. The van der Waals surface area contributed by atoms with Crippen LogP contribution in [0.25, 0.3) is 0 Å². The summed E-state index contributed by atoms with van der Waals surface area (Å²) < 4.78 is 0. The van der Waals surface area contributed by atoms with E-state index in [9.17, 15) is 0 Å². The first-order valence-corrected chi connectivity index (χ1v) is 6.52. The zero-order valence-electron chi connectivity index (χ0n) is 11.9. The summed E-state index contributed by atoms with van der Waals surface area (Å²) in [6.07, 6.45) is 1.18. The number of rotatable bonds is 6. The average Bonchev–Trinajstić information content (AvgIpc) is 2.23. The maximum atomic E-state index is 3.45. The number of nitrogens with zero attached hydrogens (tertiary/aromatic N) is 1.